The lowest BCUT2D eigenvalue weighted by atomic mass is 10.1. The maximum absolute atomic E-state index is 12.8. The second-order valence-electron chi connectivity index (χ2n) is 2.60. The minimum atomic E-state index is -1.10. The van der Waals surface area contributed by atoms with Crippen LogP contribution in [0.2, 0.25) is 0 Å². The van der Waals surface area contributed by atoms with E-state index in [0.717, 1.165) is 6.42 Å². The van der Waals surface area contributed by atoms with Crippen LogP contribution in [0.3, 0.4) is 0 Å². The van der Waals surface area contributed by atoms with E-state index in [-0.39, 0.29) is 12.0 Å². The number of alkyl halides is 2. The van der Waals surface area contributed by atoms with E-state index < -0.39 is 12.8 Å². The average molecular weight is 173 g/mol. The minimum Gasteiger partial charge on any atom is -0.246 e. The first kappa shape index (κ1) is 11.1. The van der Waals surface area contributed by atoms with Crippen LogP contribution in [0.1, 0.15) is 26.2 Å². The summed E-state index contributed by atoms with van der Waals surface area (Å²) in [6.45, 7) is 1.14. The number of hydrogen-bond acceptors (Lipinski definition) is 1. The van der Waals surface area contributed by atoms with E-state index in [9.17, 15) is 8.78 Å². The number of nitrogens with zero attached hydrogens (tertiary/aromatic N) is 1. The normalized spacial score (nSPS) is 14.0. The molecule has 0 unspecified atom stereocenters. The van der Waals surface area contributed by atoms with Gasteiger partial charge in [-0.3, -0.25) is 0 Å². The van der Waals surface area contributed by atoms with E-state index in [4.69, 9.17) is 5.26 Å². The van der Waals surface area contributed by atoms with Crippen LogP contribution in [0.15, 0.2) is 11.6 Å². The molecule has 0 saturated carbocycles. The monoisotopic (exact) mass is 173 g/mol. The zero-order chi connectivity index (χ0) is 9.40. The summed E-state index contributed by atoms with van der Waals surface area (Å²) in [5.41, 5.74) is 0.249. The molecule has 0 heterocycles. The third-order valence-electron chi connectivity index (χ3n) is 1.46. The maximum atomic E-state index is 12.8. The summed E-state index contributed by atoms with van der Waals surface area (Å²) >= 11 is 0. The van der Waals surface area contributed by atoms with Gasteiger partial charge in [-0.15, -0.1) is 0 Å². The first-order valence-electron chi connectivity index (χ1n) is 4.01. The number of halogens is 2. The summed E-state index contributed by atoms with van der Waals surface area (Å²) < 4.78 is 24.9. The molecule has 0 fully saturated rings. The Morgan fingerprint density at radius 2 is 2.33 bits per heavy atom. The summed E-state index contributed by atoms with van der Waals surface area (Å²) in [6.07, 6.45) is 1.22. The highest BCUT2D eigenvalue weighted by Crippen LogP contribution is 2.09. The van der Waals surface area contributed by atoms with Crippen molar-refractivity contribution in [2.24, 2.45) is 0 Å². The molecule has 1 nitrogen and oxygen atoms in total. The Morgan fingerprint density at radius 3 is 2.75 bits per heavy atom. The fourth-order valence-electron chi connectivity index (χ4n) is 0.867. The van der Waals surface area contributed by atoms with Crippen molar-refractivity contribution in [3.63, 3.8) is 0 Å². The van der Waals surface area contributed by atoms with Crippen LogP contribution < -0.4 is 0 Å². The quantitative estimate of drug-likeness (QED) is 0.586. The van der Waals surface area contributed by atoms with Crippen LogP contribution in [0, 0.1) is 11.3 Å². The first-order valence-corrected chi connectivity index (χ1v) is 4.01. The topological polar surface area (TPSA) is 23.8 Å². The molecule has 0 bridgehead atoms. The van der Waals surface area contributed by atoms with Crippen molar-refractivity contribution in [3.05, 3.63) is 11.6 Å². The minimum absolute atomic E-state index is 0.0133. The van der Waals surface area contributed by atoms with Crippen LogP contribution in [0.5, 0.6) is 0 Å². The standard InChI is InChI=1S/C9H13F2N/c1-2-3-9(11)6-8(7-10)4-5-12/h6,9H,2-4,7H2,1H3/b8-6-/t9-/m1/s1. The molecule has 0 aromatic heterocycles. The first-order chi connectivity index (χ1) is 5.74. The van der Waals surface area contributed by atoms with Crippen molar-refractivity contribution in [1.29, 1.82) is 5.26 Å². The zero-order valence-corrected chi connectivity index (χ0v) is 7.19. The van der Waals surface area contributed by atoms with Crippen molar-refractivity contribution >= 4 is 0 Å². The van der Waals surface area contributed by atoms with E-state index in [1.807, 2.05) is 6.92 Å². The fraction of sp³-hybridized carbons (Fsp3) is 0.667. The highest BCUT2D eigenvalue weighted by Gasteiger charge is 2.03. The van der Waals surface area contributed by atoms with Crippen LogP contribution in [-0.2, 0) is 0 Å². The van der Waals surface area contributed by atoms with Crippen molar-refractivity contribution in [2.75, 3.05) is 6.67 Å². The van der Waals surface area contributed by atoms with Gasteiger partial charge >= 0.3 is 0 Å². The van der Waals surface area contributed by atoms with Crippen LogP contribution >= 0.6 is 0 Å². The molecule has 0 aromatic rings. The van der Waals surface area contributed by atoms with Crippen LogP contribution in [-0.4, -0.2) is 12.8 Å². The molecule has 0 N–H and O–H groups in total. The summed E-state index contributed by atoms with van der Waals surface area (Å²) in [7, 11) is 0. The SMILES string of the molecule is CCC[C@@H](F)/C=C(\CF)CC#N. The molecule has 0 aromatic carbocycles. The van der Waals surface area contributed by atoms with Gasteiger partial charge in [0.25, 0.3) is 0 Å². The molecule has 12 heavy (non-hydrogen) atoms. The van der Waals surface area contributed by atoms with Crippen molar-refractivity contribution in [1.82, 2.24) is 0 Å². The van der Waals surface area contributed by atoms with E-state index in [2.05, 4.69) is 0 Å². The molecule has 0 spiro atoms. The maximum Gasteiger partial charge on any atom is 0.119 e. The number of allylic oxidation sites excluding steroid dienone is 2. The van der Waals surface area contributed by atoms with E-state index in [0.29, 0.717) is 6.42 Å². The Kier molecular flexibility index (Phi) is 6.26. The lowest BCUT2D eigenvalue weighted by Gasteiger charge is -2.01. The highest BCUT2D eigenvalue weighted by molar-refractivity contribution is 5.10. The lowest BCUT2D eigenvalue weighted by Crippen LogP contribution is -1.97. The summed E-state index contributed by atoms with van der Waals surface area (Å²) in [4.78, 5) is 0. The molecule has 0 rings (SSSR count). The molecule has 3 heteroatoms. The van der Waals surface area contributed by atoms with Gasteiger partial charge in [-0.25, -0.2) is 8.78 Å². The van der Waals surface area contributed by atoms with Gasteiger partial charge in [0.15, 0.2) is 0 Å². The van der Waals surface area contributed by atoms with Crippen molar-refractivity contribution in [2.45, 2.75) is 32.4 Å². The van der Waals surface area contributed by atoms with Gasteiger partial charge in [0.1, 0.15) is 12.8 Å². The smallest absolute Gasteiger partial charge is 0.119 e. The third kappa shape index (κ3) is 4.84. The predicted molar refractivity (Wildman–Crippen MR) is 44.1 cm³/mol. The molecule has 0 amide bonds. The number of nitriles is 1. The van der Waals surface area contributed by atoms with Gasteiger partial charge < -0.3 is 0 Å². The molecule has 68 valence electrons. The predicted octanol–water partition coefficient (Wildman–Crippen LogP) is 2.93. The van der Waals surface area contributed by atoms with Gasteiger partial charge in [-0.05, 0) is 18.1 Å². The molecular formula is C9H13F2N. The highest BCUT2D eigenvalue weighted by atomic mass is 19.1. The zero-order valence-electron chi connectivity index (χ0n) is 7.19. The second-order valence-corrected chi connectivity index (χ2v) is 2.60. The Hall–Kier alpha value is -0.910. The van der Waals surface area contributed by atoms with Gasteiger partial charge in [0.2, 0.25) is 0 Å². The molecule has 0 radical (unpaired) electrons. The molecule has 0 aliphatic heterocycles. The van der Waals surface area contributed by atoms with Gasteiger partial charge in [0, 0.05) is 0 Å². The molecule has 1 atom stereocenters. The molecule has 0 aliphatic rings. The Morgan fingerprint density at radius 1 is 1.67 bits per heavy atom. The number of hydrogen-bond donors (Lipinski definition) is 0. The fourth-order valence-corrected chi connectivity index (χ4v) is 0.867. The largest absolute Gasteiger partial charge is 0.246 e. The molecule has 0 saturated heterocycles. The van der Waals surface area contributed by atoms with Gasteiger partial charge in [0.05, 0.1) is 12.5 Å². The Balaban J connectivity index is 3.99. The summed E-state index contributed by atoms with van der Waals surface area (Å²) in [6, 6.07) is 1.79. The summed E-state index contributed by atoms with van der Waals surface area (Å²) in [5, 5.41) is 8.23. The average Bonchev–Trinajstić information content (AvgIpc) is 2.04. The van der Waals surface area contributed by atoms with Crippen molar-refractivity contribution < 1.29 is 8.78 Å². The molecule has 0 aliphatic carbocycles. The third-order valence-corrected chi connectivity index (χ3v) is 1.46. The van der Waals surface area contributed by atoms with E-state index >= 15 is 0 Å². The number of rotatable bonds is 5. The van der Waals surface area contributed by atoms with E-state index in [1.54, 1.807) is 6.07 Å². The van der Waals surface area contributed by atoms with E-state index in [1.165, 1.54) is 6.08 Å². The Bertz CT molecular complexity index is 181. The van der Waals surface area contributed by atoms with Gasteiger partial charge in [-0.1, -0.05) is 13.3 Å². The van der Waals surface area contributed by atoms with Crippen LogP contribution in [0.25, 0.3) is 0 Å². The van der Waals surface area contributed by atoms with Crippen LogP contribution in [0.4, 0.5) is 8.78 Å². The molecular weight excluding hydrogens is 160 g/mol. The summed E-state index contributed by atoms with van der Waals surface area (Å²) in [5.74, 6) is 0. The lowest BCUT2D eigenvalue weighted by molar-refractivity contribution is 0.371. The van der Waals surface area contributed by atoms with Crippen molar-refractivity contribution in [3.8, 4) is 6.07 Å². The second kappa shape index (κ2) is 6.78. The Labute approximate surface area is 71.7 Å². The van der Waals surface area contributed by atoms with Gasteiger partial charge in [-0.2, -0.15) is 5.26 Å².